The summed E-state index contributed by atoms with van der Waals surface area (Å²) in [6, 6.07) is 0. The van der Waals surface area contributed by atoms with Crippen LogP contribution in [0.5, 0.6) is 0 Å². The summed E-state index contributed by atoms with van der Waals surface area (Å²) < 4.78 is 9.54. The molecule has 0 spiro atoms. The summed E-state index contributed by atoms with van der Waals surface area (Å²) in [7, 11) is 0. The van der Waals surface area contributed by atoms with Crippen molar-refractivity contribution in [2.24, 2.45) is 5.92 Å². The topological polar surface area (TPSA) is 35.5 Å². The smallest absolute Gasteiger partial charge is 0.302 e. The zero-order valence-electron chi connectivity index (χ0n) is 8.84. The molecule has 1 saturated heterocycles. The number of hydrogen-bond acceptors (Lipinski definition) is 3. The van der Waals surface area contributed by atoms with Gasteiger partial charge in [0.05, 0.1) is 6.61 Å². The SMILES string of the molecule is CC1CCOCC1.CCOC(C)=O. The molecule has 0 aromatic heterocycles. The Morgan fingerprint density at radius 3 is 2.15 bits per heavy atom. The molecule has 1 heterocycles. The van der Waals surface area contributed by atoms with Crippen LogP contribution in [0.1, 0.15) is 33.6 Å². The predicted octanol–water partition coefficient (Wildman–Crippen LogP) is 2.00. The van der Waals surface area contributed by atoms with E-state index < -0.39 is 0 Å². The molecule has 0 atom stereocenters. The first-order valence-corrected chi connectivity index (χ1v) is 4.88. The van der Waals surface area contributed by atoms with Crippen LogP contribution in [0.4, 0.5) is 0 Å². The molecule has 3 nitrogen and oxygen atoms in total. The molecule has 0 saturated carbocycles. The van der Waals surface area contributed by atoms with Crippen molar-refractivity contribution in [2.75, 3.05) is 19.8 Å². The molecule has 0 bridgehead atoms. The second kappa shape index (κ2) is 8.05. The van der Waals surface area contributed by atoms with Crippen LogP contribution < -0.4 is 0 Å². The van der Waals surface area contributed by atoms with E-state index in [1.807, 2.05) is 0 Å². The average molecular weight is 188 g/mol. The molecule has 0 radical (unpaired) electrons. The number of esters is 1. The standard InChI is InChI=1S/C6H12O.C4H8O2/c1-6-2-4-7-5-3-6;1-3-6-4(2)5/h6H,2-5H2,1H3;3H2,1-2H3. The molecule has 0 aromatic rings. The van der Waals surface area contributed by atoms with Crippen molar-refractivity contribution in [1.82, 2.24) is 0 Å². The Morgan fingerprint density at radius 1 is 1.46 bits per heavy atom. The molecule has 1 aliphatic rings. The molecule has 13 heavy (non-hydrogen) atoms. The third-order valence-corrected chi connectivity index (χ3v) is 1.86. The summed E-state index contributed by atoms with van der Waals surface area (Å²) in [5.74, 6) is 0.700. The van der Waals surface area contributed by atoms with Gasteiger partial charge in [-0.25, -0.2) is 0 Å². The highest BCUT2D eigenvalue weighted by Gasteiger charge is 2.06. The van der Waals surface area contributed by atoms with Crippen molar-refractivity contribution >= 4 is 5.97 Å². The van der Waals surface area contributed by atoms with E-state index >= 15 is 0 Å². The van der Waals surface area contributed by atoms with E-state index in [4.69, 9.17) is 4.74 Å². The number of rotatable bonds is 1. The van der Waals surface area contributed by atoms with Crippen LogP contribution >= 0.6 is 0 Å². The molecule has 1 fully saturated rings. The molecule has 3 heteroatoms. The molecule has 1 rings (SSSR count). The first-order chi connectivity index (χ1) is 6.16. The quantitative estimate of drug-likeness (QED) is 0.590. The maximum atomic E-state index is 9.82. The lowest BCUT2D eigenvalue weighted by atomic mass is 10.0. The van der Waals surface area contributed by atoms with Gasteiger partial charge >= 0.3 is 5.97 Å². The van der Waals surface area contributed by atoms with Gasteiger partial charge < -0.3 is 9.47 Å². The second-order valence-electron chi connectivity index (χ2n) is 3.22. The molecular weight excluding hydrogens is 168 g/mol. The number of carbonyl (C=O) groups is 1. The molecule has 0 amide bonds. The van der Waals surface area contributed by atoms with Gasteiger partial charge in [0.15, 0.2) is 0 Å². The van der Waals surface area contributed by atoms with Crippen LogP contribution in [-0.4, -0.2) is 25.8 Å². The van der Waals surface area contributed by atoms with E-state index in [1.165, 1.54) is 19.8 Å². The van der Waals surface area contributed by atoms with Crippen LogP contribution in [0, 0.1) is 5.92 Å². The Balaban J connectivity index is 0.000000226. The summed E-state index contributed by atoms with van der Waals surface area (Å²) in [6.45, 7) is 7.91. The van der Waals surface area contributed by atoms with Gasteiger partial charge in [0, 0.05) is 20.1 Å². The fourth-order valence-corrected chi connectivity index (χ4v) is 1.02. The fourth-order valence-electron chi connectivity index (χ4n) is 1.02. The van der Waals surface area contributed by atoms with E-state index in [9.17, 15) is 4.79 Å². The molecule has 1 aliphatic heterocycles. The highest BCUT2D eigenvalue weighted by molar-refractivity contribution is 5.65. The molecular formula is C10H20O3. The molecule has 78 valence electrons. The monoisotopic (exact) mass is 188 g/mol. The minimum absolute atomic E-state index is 0.211. The van der Waals surface area contributed by atoms with Crippen LogP contribution in [0.2, 0.25) is 0 Å². The first-order valence-electron chi connectivity index (χ1n) is 4.88. The maximum Gasteiger partial charge on any atom is 0.302 e. The van der Waals surface area contributed by atoms with Crippen LogP contribution in [0.15, 0.2) is 0 Å². The third-order valence-electron chi connectivity index (χ3n) is 1.86. The lowest BCUT2D eigenvalue weighted by Gasteiger charge is -2.16. The zero-order chi connectivity index (χ0) is 10.1. The van der Waals surface area contributed by atoms with Crippen LogP contribution in [-0.2, 0) is 14.3 Å². The minimum Gasteiger partial charge on any atom is -0.466 e. The zero-order valence-corrected chi connectivity index (χ0v) is 8.84. The second-order valence-corrected chi connectivity index (χ2v) is 3.22. The van der Waals surface area contributed by atoms with E-state index in [0.29, 0.717) is 6.61 Å². The van der Waals surface area contributed by atoms with E-state index in [2.05, 4.69) is 11.7 Å². The predicted molar refractivity (Wildman–Crippen MR) is 51.5 cm³/mol. The summed E-state index contributed by atoms with van der Waals surface area (Å²) in [6.07, 6.45) is 2.53. The van der Waals surface area contributed by atoms with Gasteiger partial charge in [-0.05, 0) is 25.7 Å². The van der Waals surface area contributed by atoms with Crippen molar-refractivity contribution in [3.63, 3.8) is 0 Å². The normalized spacial score (nSPS) is 17.2. The van der Waals surface area contributed by atoms with Gasteiger partial charge in [0.25, 0.3) is 0 Å². The van der Waals surface area contributed by atoms with Crippen molar-refractivity contribution in [3.05, 3.63) is 0 Å². The number of hydrogen-bond donors (Lipinski definition) is 0. The Labute approximate surface area is 80.4 Å². The van der Waals surface area contributed by atoms with Gasteiger partial charge in [-0.2, -0.15) is 0 Å². The summed E-state index contributed by atoms with van der Waals surface area (Å²) in [4.78, 5) is 9.82. The average Bonchev–Trinajstić information content (AvgIpc) is 2.06. The van der Waals surface area contributed by atoms with Crippen molar-refractivity contribution < 1.29 is 14.3 Å². The van der Waals surface area contributed by atoms with Gasteiger partial charge in [-0.1, -0.05) is 6.92 Å². The molecule has 0 aliphatic carbocycles. The number of carbonyl (C=O) groups excluding carboxylic acids is 1. The third kappa shape index (κ3) is 9.34. The van der Waals surface area contributed by atoms with E-state index in [0.717, 1.165) is 19.1 Å². The van der Waals surface area contributed by atoms with Gasteiger partial charge in [-0.3, -0.25) is 4.79 Å². The lowest BCUT2D eigenvalue weighted by molar-refractivity contribution is -0.140. The molecule has 0 N–H and O–H groups in total. The summed E-state index contributed by atoms with van der Waals surface area (Å²) >= 11 is 0. The van der Waals surface area contributed by atoms with Gasteiger partial charge in [-0.15, -0.1) is 0 Å². The highest BCUT2D eigenvalue weighted by Crippen LogP contribution is 2.11. The van der Waals surface area contributed by atoms with E-state index in [1.54, 1.807) is 6.92 Å². The molecule has 0 unspecified atom stereocenters. The summed E-state index contributed by atoms with van der Waals surface area (Å²) in [5, 5.41) is 0. The van der Waals surface area contributed by atoms with Crippen LogP contribution in [0.3, 0.4) is 0 Å². The van der Waals surface area contributed by atoms with Crippen LogP contribution in [0.25, 0.3) is 0 Å². The fraction of sp³-hybridized carbons (Fsp3) is 0.900. The Kier molecular flexibility index (Phi) is 7.69. The largest absolute Gasteiger partial charge is 0.466 e. The maximum absolute atomic E-state index is 9.82. The Bertz CT molecular complexity index is 128. The number of ether oxygens (including phenoxy) is 2. The Hall–Kier alpha value is -0.570. The Morgan fingerprint density at radius 2 is 2.00 bits per heavy atom. The van der Waals surface area contributed by atoms with Crippen molar-refractivity contribution in [3.8, 4) is 0 Å². The van der Waals surface area contributed by atoms with Crippen molar-refractivity contribution in [2.45, 2.75) is 33.6 Å². The highest BCUT2D eigenvalue weighted by atomic mass is 16.5. The van der Waals surface area contributed by atoms with Crippen molar-refractivity contribution in [1.29, 1.82) is 0 Å². The van der Waals surface area contributed by atoms with Gasteiger partial charge in [0.1, 0.15) is 0 Å². The minimum atomic E-state index is -0.211. The summed E-state index contributed by atoms with van der Waals surface area (Å²) in [5.41, 5.74) is 0. The van der Waals surface area contributed by atoms with Gasteiger partial charge in [0.2, 0.25) is 0 Å². The lowest BCUT2D eigenvalue weighted by Crippen LogP contribution is -2.12. The first kappa shape index (κ1) is 12.4. The molecule has 0 aromatic carbocycles. The van der Waals surface area contributed by atoms with E-state index in [-0.39, 0.29) is 5.97 Å².